The molecule has 0 aliphatic carbocycles. The van der Waals surface area contributed by atoms with E-state index in [0.717, 1.165) is 6.26 Å². The molecule has 13 heavy (non-hydrogen) atoms. The van der Waals surface area contributed by atoms with Gasteiger partial charge in [0.25, 0.3) is 0 Å². The second kappa shape index (κ2) is 3.53. The van der Waals surface area contributed by atoms with Gasteiger partial charge in [0.15, 0.2) is 0 Å². The fourth-order valence-corrected chi connectivity index (χ4v) is 1.15. The van der Waals surface area contributed by atoms with Gasteiger partial charge in [-0.05, 0) is 5.10 Å². The Bertz CT molecular complexity index is 414. The fourth-order valence-electron chi connectivity index (χ4n) is 0.702. The van der Waals surface area contributed by atoms with E-state index >= 15 is 0 Å². The van der Waals surface area contributed by atoms with Gasteiger partial charge in [-0.25, -0.2) is 0 Å². The molecule has 0 N–H and O–H groups in total. The standard InChI is InChI=1S/C7H8N2O3S/c1-8-9-5-3-4-7(6-9)12-13(2,10)11/h3-4,6H,1H2,2H3. The van der Waals surface area contributed by atoms with Crippen molar-refractivity contribution in [3.63, 3.8) is 0 Å². The monoisotopic (exact) mass is 200 g/mol. The van der Waals surface area contributed by atoms with Gasteiger partial charge in [0, 0.05) is 0 Å². The Morgan fingerprint density at radius 3 is 2.92 bits per heavy atom. The summed E-state index contributed by atoms with van der Waals surface area (Å²) in [5.74, 6) is 0.175. The molecule has 0 amide bonds. The molecular formula is C7H8N2O3S. The molecule has 1 aromatic heterocycles. The molecule has 0 fully saturated rings. The van der Waals surface area contributed by atoms with Crippen LogP contribution in [0.1, 0.15) is 0 Å². The van der Waals surface area contributed by atoms with Crippen molar-refractivity contribution < 1.29 is 17.3 Å². The SMILES string of the molecule is C=N[n+]1[c-]ccc(OS(C)(=O)=O)c1. The summed E-state index contributed by atoms with van der Waals surface area (Å²) in [5.41, 5.74) is 0. The Morgan fingerprint density at radius 2 is 2.38 bits per heavy atom. The molecule has 0 saturated carbocycles. The second-order valence-corrected chi connectivity index (χ2v) is 3.84. The highest BCUT2D eigenvalue weighted by molar-refractivity contribution is 7.86. The molecule has 6 heteroatoms. The van der Waals surface area contributed by atoms with Crippen molar-refractivity contribution in [2.45, 2.75) is 0 Å². The number of hydrogen-bond donors (Lipinski definition) is 0. The molecule has 0 unspecified atom stereocenters. The summed E-state index contributed by atoms with van der Waals surface area (Å²) in [6, 6.07) is 2.94. The van der Waals surface area contributed by atoms with Gasteiger partial charge in [0.05, 0.1) is 13.0 Å². The average molecular weight is 200 g/mol. The van der Waals surface area contributed by atoms with Gasteiger partial charge in [-0.2, -0.15) is 13.1 Å². The Balaban J connectivity index is 2.96. The van der Waals surface area contributed by atoms with Crippen molar-refractivity contribution in [3.05, 3.63) is 24.5 Å². The maximum absolute atomic E-state index is 10.7. The molecule has 0 saturated heterocycles. The molecule has 70 valence electrons. The van der Waals surface area contributed by atoms with E-state index in [0.29, 0.717) is 0 Å². The van der Waals surface area contributed by atoms with Gasteiger partial charge in [-0.3, -0.25) is 0 Å². The summed E-state index contributed by atoms with van der Waals surface area (Å²) in [7, 11) is -3.49. The molecule has 5 nitrogen and oxygen atoms in total. The first kappa shape index (κ1) is 9.66. The molecule has 1 rings (SSSR count). The summed E-state index contributed by atoms with van der Waals surface area (Å²) in [6.07, 6.45) is 4.98. The minimum atomic E-state index is -3.49. The predicted molar refractivity (Wildman–Crippen MR) is 45.9 cm³/mol. The normalized spacial score (nSPS) is 10.8. The zero-order chi connectivity index (χ0) is 9.90. The number of nitrogens with zero attached hydrogens (tertiary/aromatic N) is 2. The van der Waals surface area contributed by atoms with Crippen LogP contribution in [0.25, 0.3) is 0 Å². The summed E-state index contributed by atoms with van der Waals surface area (Å²) >= 11 is 0. The van der Waals surface area contributed by atoms with Crippen molar-refractivity contribution in [1.82, 2.24) is 0 Å². The molecule has 1 aromatic rings. The highest BCUT2D eigenvalue weighted by Crippen LogP contribution is 2.07. The summed E-state index contributed by atoms with van der Waals surface area (Å²) in [4.78, 5) is 0. The first-order chi connectivity index (χ1) is 6.01. The highest BCUT2D eigenvalue weighted by atomic mass is 32.2. The van der Waals surface area contributed by atoms with Crippen molar-refractivity contribution in [3.8, 4) is 5.75 Å². The Kier molecular flexibility index (Phi) is 2.62. The van der Waals surface area contributed by atoms with Crippen molar-refractivity contribution in [1.29, 1.82) is 0 Å². The first-order valence-corrected chi connectivity index (χ1v) is 5.13. The van der Waals surface area contributed by atoms with Crippen LogP contribution in [0, 0.1) is 6.20 Å². The quantitative estimate of drug-likeness (QED) is 0.288. The molecule has 0 radical (unpaired) electrons. The van der Waals surface area contributed by atoms with Crippen LogP contribution in [-0.2, 0) is 10.1 Å². The summed E-state index contributed by atoms with van der Waals surface area (Å²) in [6.45, 7) is 3.25. The third kappa shape index (κ3) is 3.20. The predicted octanol–water partition coefficient (Wildman–Crippen LogP) is -0.424. The first-order valence-electron chi connectivity index (χ1n) is 3.31. The molecule has 0 aromatic carbocycles. The van der Waals surface area contributed by atoms with Crippen LogP contribution < -0.4 is 8.86 Å². The molecule has 0 atom stereocenters. The third-order valence-electron chi connectivity index (χ3n) is 1.10. The lowest BCUT2D eigenvalue weighted by molar-refractivity contribution is -0.682. The molecule has 0 spiro atoms. The lowest BCUT2D eigenvalue weighted by atomic mass is 10.5. The van der Waals surface area contributed by atoms with Crippen LogP contribution in [0.15, 0.2) is 23.4 Å². The van der Waals surface area contributed by atoms with Crippen molar-refractivity contribution >= 4 is 16.8 Å². The fraction of sp³-hybridized carbons (Fsp3) is 0.143. The van der Waals surface area contributed by atoms with Gasteiger partial charge < -0.3 is 4.18 Å². The second-order valence-electron chi connectivity index (χ2n) is 2.27. The van der Waals surface area contributed by atoms with E-state index in [-0.39, 0.29) is 5.75 Å². The molecule has 0 bridgehead atoms. The number of aromatic nitrogens is 1. The number of rotatable bonds is 3. The summed E-state index contributed by atoms with van der Waals surface area (Å²) in [5, 5.41) is 3.50. The topological polar surface area (TPSA) is 59.6 Å². The van der Waals surface area contributed by atoms with Crippen LogP contribution in [-0.4, -0.2) is 21.4 Å². The zero-order valence-electron chi connectivity index (χ0n) is 6.97. The lowest BCUT2D eigenvalue weighted by Gasteiger charge is -2.03. The van der Waals surface area contributed by atoms with Gasteiger partial charge in [0.1, 0.15) is 18.1 Å². The van der Waals surface area contributed by atoms with Gasteiger partial charge in [-0.15, -0.1) is 12.1 Å². The van der Waals surface area contributed by atoms with Crippen LogP contribution in [0.4, 0.5) is 0 Å². The lowest BCUT2D eigenvalue weighted by Crippen LogP contribution is -2.26. The molecular weight excluding hydrogens is 192 g/mol. The highest BCUT2D eigenvalue weighted by Gasteiger charge is 2.02. The Morgan fingerprint density at radius 1 is 1.69 bits per heavy atom. The van der Waals surface area contributed by atoms with E-state index in [1.165, 1.54) is 23.0 Å². The molecule has 1 heterocycles. The van der Waals surface area contributed by atoms with E-state index in [1.54, 1.807) is 0 Å². The van der Waals surface area contributed by atoms with Gasteiger partial charge in [0.2, 0.25) is 0 Å². The van der Waals surface area contributed by atoms with Crippen molar-refractivity contribution in [2.75, 3.05) is 6.26 Å². The zero-order valence-corrected chi connectivity index (χ0v) is 7.78. The van der Waals surface area contributed by atoms with Crippen LogP contribution in [0.2, 0.25) is 0 Å². The molecule has 0 aliphatic rings. The number of pyridine rings is 1. The van der Waals surface area contributed by atoms with E-state index in [9.17, 15) is 8.42 Å². The molecule has 0 aliphatic heterocycles. The van der Waals surface area contributed by atoms with Crippen LogP contribution in [0.5, 0.6) is 5.75 Å². The van der Waals surface area contributed by atoms with E-state index in [2.05, 4.69) is 22.2 Å². The van der Waals surface area contributed by atoms with Crippen LogP contribution in [0.3, 0.4) is 0 Å². The number of hydrogen-bond acceptors (Lipinski definition) is 4. The van der Waals surface area contributed by atoms with Gasteiger partial charge in [-0.1, -0.05) is 0 Å². The smallest absolute Gasteiger partial charge is 0.304 e. The minimum Gasteiger partial charge on any atom is -0.403 e. The van der Waals surface area contributed by atoms with Gasteiger partial charge >= 0.3 is 10.1 Å². The maximum Gasteiger partial charge on any atom is 0.304 e. The Labute approximate surface area is 76.4 Å². The maximum atomic E-state index is 10.7. The van der Waals surface area contributed by atoms with E-state index in [1.807, 2.05) is 0 Å². The largest absolute Gasteiger partial charge is 0.403 e. The van der Waals surface area contributed by atoms with Crippen molar-refractivity contribution in [2.24, 2.45) is 5.10 Å². The summed E-state index contributed by atoms with van der Waals surface area (Å²) < 4.78 is 27.2. The van der Waals surface area contributed by atoms with Crippen LogP contribution >= 0.6 is 0 Å². The Hall–Kier alpha value is -1.43. The average Bonchev–Trinajstić information content (AvgIpc) is 2.01. The van der Waals surface area contributed by atoms with E-state index < -0.39 is 10.1 Å². The van der Waals surface area contributed by atoms with E-state index in [4.69, 9.17) is 0 Å². The third-order valence-corrected chi connectivity index (χ3v) is 1.60. The minimum absolute atomic E-state index is 0.175.